The minimum Gasteiger partial charge on any atom is -0.386 e. The van der Waals surface area contributed by atoms with Crippen LogP contribution in [-0.4, -0.2) is 37.0 Å². The van der Waals surface area contributed by atoms with Crippen molar-refractivity contribution < 1.29 is 4.79 Å². The van der Waals surface area contributed by atoms with Gasteiger partial charge in [0.1, 0.15) is 11.6 Å². The summed E-state index contributed by atoms with van der Waals surface area (Å²) < 4.78 is 0. The zero-order valence-electron chi connectivity index (χ0n) is 11.6. The topological polar surface area (TPSA) is 68.2 Å². The van der Waals surface area contributed by atoms with Gasteiger partial charge in [-0.2, -0.15) is 5.26 Å². The van der Waals surface area contributed by atoms with Gasteiger partial charge in [-0.25, -0.2) is 0 Å². The Hall–Kier alpha value is -2.03. The second-order valence-electron chi connectivity index (χ2n) is 4.72. The summed E-state index contributed by atoms with van der Waals surface area (Å²) in [6, 6.07) is 9.39. The molecule has 0 atom stereocenters. The Morgan fingerprint density at radius 3 is 2.90 bits per heavy atom. The van der Waals surface area contributed by atoms with E-state index in [-0.39, 0.29) is 11.5 Å². The van der Waals surface area contributed by atoms with Crippen LogP contribution in [0.4, 0.5) is 0 Å². The molecule has 21 heavy (non-hydrogen) atoms. The van der Waals surface area contributed by atoms with Gasteiger partial charge in [-0.1, -0.05) is 23.7 Å². The Morgan fingerprint density at radius 2 is 2.24 bits per heavy atom. The van der Waals surface area contributed by atoms with E-state index in [1.54, 1.807) is 11.0 Å². The number of piperazine rings is 1. The molecule has 6 heteroatoms. The Morgan fingerprint density at radius 1 is 1.48 bits per heavy atom. The zero-order chi connectivity index (χ0) is 15.1. The molecule has 110 valence electrons. The normalized spacial score (nSPS) is 15.4. The number of hydrogen-bond donors (Lipinski definition) is 2. The molecule has 1 heterocycles. The highest BCUT2D eigenvalue weighted by Gasteiger charge is 2.19. The molecule has 0 aliphatic carbocycles. The Kier molecular flexibility index (Phi) is 5.61. The number of nitriles is 1. The lowest BCUT2D eigenvalue weighted by Crippen LogP contribution is -2.46. The van der Waals surface area contributed by atoms with Crippen molar-refractivity contribution in [3.05, 3.63) is 46.6 Å². The van der Waals surface area contributed by atoms with Crippen LogP contribution in [0.3, 0.4) is 0 Å². The highest BCUT2D eigenvalue weighted by atomic mass is 35.5. The maximum Gasteiger partial charge on any atom is 0.266 e. The number of amides is 1. The number of rotatable bonds is 4. The zero-order valence-corrected chi connectivity index (χ0v) is 12.4. The smallest absolute Gasteiger partial charge is 0.266 e. The first-order valence-corrected chi connectivity index (χ1v) is 7.16. The van der Waals surface area contributed by atoms with E-state index >= 15 is 0 Å². The average molecular weight is 305 g/mol. The van der Waals surface area contributed by atoms with Crippen LogP contribution in [0.1, 0.15) is 5.56 Å². The van der Waals surface area contributed by atoms with Crippen molar-refractivity contribution >= 4 is 17.5 Å². The van der Waals surface area contributed by atoms with E-state index in [0.717, 1.165) is 18.7 Å². The summed E-state index contributed by atoms with van der Waals surface area (Å²) >= 11 is 5.90. The van der Waals surface area contributed by atoms with Crippen molar-refractivity contribution in [3.63, 3.8) is 0 Å². The van der Waals surface area contributed by atoms with E-state index in [4.69, 9.17) is 16.9 Å². The fourth-order valence-corrected chi connectivity index (χ4v) is 2.31. The van der Waals surface area contributed by atoms with Crippen molar-refractivity contribution in [3.8, 4) is 6.07 Å². The molecular weight excluding hydrogens is 288 g/mol. The molecule has 0 aromatic heterocycles. The van der Waals surface area contributed by atoms with Crippen molar-refractivity contribution in [1.82, 2.24) is 15.5 Å². The standard InChI is InChI=1S/C15H17ClN4O/c16-14-3-1-2-12(8-14)10-19-11-13(9-17)15(21)20-6-4-18-5-7-20/h1-3,8,11,18-19H,4-7,10H2/b13-11-. The summed E-state index contributed by atoms with van der Waals surface area (Å²) in [6.07, 6.45) is 1.48. The fraction of sp³-hybridized carbons (Fsp3) is 0.333. The van der Waals surface area contributed by atoms with E-state index < -0.39 is 0 Å². The largest absolute Gasteiger partial charge is 0.386 e. The predicted octanol–water partition coefficient (Wildman–Crippen LogP) is 1.27. The molecular formula is C15H17ClN4O. The van der Waals surface area contributed by atoms with Gasteiger partial charge in [0.15, 0.2) is 0 Å². The van der Waals surface area contributed by atoms with Gasteiger partial charge in [0.25, 0.3) is 5.91 Å². The summed E-state index contributed by atoms with van der Waals surface area (Å²) in [5, 5.41) is 16.0. The Bertz CT molecular complexity index is 573. The maximum absolute atomic E-state index is 12.2. The number of halogens is 1. The fourth-order valence-electron chi connectivity index (χ4n) is 2.10. The molecule has 1 aromatic carbocycles. The number of nitrogens with one attached hydrogen (secondary N) is 2. The van der Waals surface area contributed by atoms with E-state index in [9.17, 15) is 4.79 Å². The highest BCUT2D eigenvalue weighted by Crippen LogP contribution is 2.10. The van der Waals surface area contributed by atoms with Crippen LogP contribution in [0.5, 0.6) is 0 Å². The number of hydrogen-bond acceptors (Lipinski definition) is 4. The molecule has 5 nitrogen and oxygen atoms in total. The summed E-state index contributed by atoms with van der Waals surface area (Å²) in [7, 11) is 0. The second-order valence-corrected chi connectivity index (χ2v) is 5.16. The van der Waals surface area contributed by atoms with Crippen LogP contribution >= 0.6 is 11.6 Å². The summed E-state index contributed by atoms with van der Waals surface area (Å²) in [6.45, 7) is 3.31. The molecule has 1 aromatic rings. The van der Waals surface area contributed by atoms with Gasteiger partial charge in [-0.15, -0.1) is 0 Å². The second kappa shape index (κ2) is 7.67. The summed E-state index contributed by atoms with van der Waals surface area (Å²) in [4.78, 5) is 13.9. The van der Waals surface area contributed by atoms with E-state index in [2.05, 4.69) is 10.6 Å². The molecule has 0 radical (unpaired) electrons. The van der Waals surface area contributed by atoms with Gasteiger partial charge in [-0.05, 0) is 17.7 Å². The van der Waals surface area contributed by atoms with Gasteiger partial charge in [0.2, 0.25) is 0 Å². The SMILES string of the molecule is N#C/C(=C/NCc1cccc(Cl)c1)C(=O)N1CCNCC1. The quantitative estimate of drug-likeness (QED) is 0.649. The Balaban J connectivity index is 1.94. The average Bonchev–Trinajstić information content (AvgIpc) is 2.52. The first kappa shape index (κ1) is 15.4. The number of benzene rings is 1. The third-order valence-electron chi connectivity index (χ3n) is 3.20. The molecule has 1 fully saturated rings. The van der Waals surface area contributed by atoms with Crippen LogP contribution in [0.2, 0.25) is 5.02 Å². The van der Waals surface area contributed by atoms with Gasteiger partial charge in [0, 0.05) is 43.9 Å². The van der Waals surface area contributed by atoms with Crippen LogP contribution in [0.15, 0.2) is 36.0 Å². The van der Waals surface area contributed by atoms with Gasteiger partial charge in [-0.3, -0.25) is 4.79 Å². The molecule has 1 aliphatic heterocycles. The lowest BCUT2D eigenvalue weighted by atomic mass is 10.2. The number of nitrogens with zero attached hydrogens (tertiary/aromatic N) is 2. The van der Waals surface area contributed by atoms with Crippen molar-refractivity contribution in [1.29, 1.82) is 5.26 Å². The molecule has 2 rings (SSSR count). The van der Waals surface area contributed by atoms with Crippen molar-refractivity contribution in [2.75, 3.05) is 26.2 Å². The lowest BCUT2D eigenvalue weighted by molar-refractivity contribution is -0.127. The third kappa shape index (κ3) is 4.48. The van der Waals surface area contributed by atoms with Crippen LogP contribution in [0, 0.1) is 11.3 Å². The predicted molar refractivity (Wildman–Crippen MR) is 81.4 cm³/mol. The highest BCUT2D eigenvalue weighted by molar-refractivity contribution is 6.30. The number of carbonyl (C=O) groups is 1. The molecule has 1 amide bonds. The first-order valence-electron chi connectivity index (χ1n) is 6.79. The van der Waals surface area contributed by atoms with Crippen molar-refractivity contribution in [2.24, 2.45) is 0 Å². The molecule has 0 spiro atoms. The van der Waals surface area contributed by atoms with E-state index in [1.807, 2.05) is 24.3 Å². The van der Waals surface area contributed by atoms with Crippen LogP contribution in [0.25, 0.3) is 0 Å². The Labute approximate surface area is 129 Å². The van der Waals surface area contributed by atoms with E-state index in [1.165, 1.54) is 6.20 Å². The first-order chi connectivity index (χ1) is 10.2. The van der Waals surface area contributed by atoms with Crippen LogP contribution < -0.4 is 10.6 Å². The molecule has 0 bridgehead atoms. The third-order valence-corrected chi connectivity index (χ3v) is 3.43. The van der Waals surface area contributed by atoms with Crippen molar-refractivity contribution in [2.45, 2.75) is 6.54 Å². The van der Waals surface area contributed by atoms with Gasteiger partial charge >= 0.3 is 0 Å². The lowest BCUT2D eigenvalue weighted by Gasteiger charge is -2.27. The van der Waals surface area contributed by atoms with E-state index in [0.29, 0.717) is 24.7 Å². The molecule has 0 unspecified atom stereocenters. The molecule has 1 aliphatic rings. The summed E-state index contributed by atoms with van der Waals surface area (Å²) in [5.74, 6) is -0.224. The molecule has 2 N–H and O–H groups in total. The number of carbonyl (C=O) groups excluding carboxylic acids is 1. The minimum absolute atomic E-state index is 0.124. The maximum atomic E-state index is 12.2. The van der Waals surface area contributed by atoms with Crippen LogP contribution in [-0.2, 0) is 11.3 Å². The van der Waals surface area contributed by atoms with Gasteiger partial charge < -0.3 is 15.5 Å². The minimum atomic E-state index is -0.224. The summed E-state index contributed by atoms with van der Waals surface area (Å²) in [5.41, 5.74) is 1.12. The van der Waals surface area contributed by atoms with Gasteiger partial charge in [0.05, 0.1) is 0 Å². The molecule has 1 saturated heterocycles. The monoisotopic (exact) mass is 304 g/mol. The molecule has 0 saturated carbocycles.